The van der Waals surface area contributed by atoms with E-state index in [0.717, 1.165) is 35.1 Å². The number of imidazole rings is 1. The van der Waals surface area contributed by atoms with Crippen molar-refractivity contribution in [1.82, 2.24) is 24.1 Å². The fourth-order valence-corrected chi connectivity index (χ4v) is 6.58. The van der Waals surface area contributed by atoms with E-state index >= 15 is 0 Å². The molecule has 1 fully saturated rings. The Labute approximate surface area is 181 Å². The van der Waals surface area contributed by atoms with Crippen LogP contribution in [0.4, 0.5) is 0 Å². The quantitative estimate of drug-likeness (QED) is 0.515. The maximum atomic E-state index is 13.3. The summed E-state index contributed by atoms with van der Waals surface area (Å²) in [5, 5.41) is 6.85. The van der Waals surface area contributed by atoms with Crippen molar-refractivity contribution in [3.63, 3.8) is 0 Å². The number of aromatic amines is 1. The molecule has 3 heterocycles. The topological polar surface area (TPSA) is 83.9 Å². The van der Waals surface area contributed by atoms with E-state index in [2.05, 4.69) is 37.9 Å². The summed E-state index contributed by atoms with van der Waals surface area (Å²) in [6.07, 6.45) is 6.30. The summed E-state index contributed by atoms with van der Waals surface area (Å²) in [5.41, 5.74) is 3.62. The summed E-state index contributed by atoms with van der Waals surface area (Å²) in [6.45, 7) is 5.25. The molecule has 2 aromatic heterocycles. The second-order valence-electron chi connectivity index (χ2n) is 8.82. The highest BCUT2D eigenvalue weighted by Gasteiger charge is 2.45. The number of hydrogen-bond acceptors (Lipinski definition) is 4. The van der Waals surface area contributed by atoms with Crippen LogP contribution in [-0.2, 0) is 16.6 Å². The Balaban J connectivity index is 1.39. The van der Waals surface area contributed by atoms with Gasteiger partial charge in [0, 0.05) is 30.4 Å². The molecular formula is C23H25N5O2S. The van der Waals surface area contributed by atoms with Crippen molar-refractivity contribution in [2.75, 3.05) is 6.54 Å². The number of sulfonamides is 1. The minimum Gasteiger partial charge on any atom is -0.330 e. The van der Waals surface area contributed by atoms with Crippen molar-refractivity contribution >= 4 is 21.1 Å². The van der Waals surface area contributed by atoms with Gasteiger partial charge in [0.2, 0.25) is 10.0 Å². The fourth-order valence-electron chi connectivity index (χ4n) is 4.70. The Morgan fingerprint density at radius 1 is 1.13 bits per heavy atom. The Hall–Kier alpha value is -2.97. The van der Waals surface area contributed by atoms with E-state index < -0.39 is 15.6 Å². The normalized spacial score (nSPS) is 19.2. The molecule has 31 heavy (non-hydrogen) atoms. The van der Waals surface area contributed by atoms with Gasteiger partial charge in [0.05, 0.1) is 28.5 Å². The van der Waals surface area contributed by atoms with Crippen LogP contribution in [-0.4, -0.2) is 44.6 Å². The highest BCUT2D eigenvalue weighted by Crippen LogP contribution is 2.38. The highest BCUT2D eigenvalue weighted by molar-refractivity contribution is 7.89. The third-order valence-electron chi connectivity index (χ3n) is 6.13. The van der Waals surface area contributed by atoms with E-state index in [9.17, 15) is 8.42 Å². The standard InChI is InChI=1S/C23H25N5O2S/c1-23(2)11-17(15-28(23)31(29,30)20-6-4-3-5-7-20)14-27-16-24-21-10-18(8-9-22(21)27)19-12-25-26-13-19/h3-10,12-13,16-17H,11,14-15H2,1-2H3,(H,25,26). The summed E-state index contributed by atoms with van der Waals surface area (Å²) in [4.78, 5) is 4.93. The largest absolute Gasteiger partial charge is 0.330 e. The molecule has 2 aromatic carbocycles. The molecule has 0 amide bonds. The zero-order valence-corrected chi connectivity index (χ0v) is 18.4. The minimum absolute atomic E-state index is 0.208. The molecular weight excluding hydrogens is 410 g/mol. The predicted molar refractivity (Wildman–Crippen MR) is 120 cm³/mol. The summed E-state index contributed by atoms with van der Waals surface area (Å²) in [7, 11) is -3.53. The lowest BCUT2D eigenvalue weighted by Crippen LogP contribution is -2.42. The SMILES string of the molecule is CC1(C)CC(Cn2cnc3cc(-c4cn[nH]c4)ccc32)CN1S(=O)(=O)c1ccccc1. The monoisotopic (exact) mass is 435 g/mol. The third kappa shape index (κ3) is 3.55. The van der Waals surface area contributed by atoms with Crippen molar-refractivity contribution in [3.05, 3.63) is 67.3 Å². The molecule has 1 unspecified atom stereocenters. The van der Waals surface area contributed by atoms with E-state index in [-0.39, 0.29) is 5.92 Å². The Morgan fingerprint density at radius 3 is 2.68 bits per heavy atom. The van der Waals surface area contributed by atoms with E-state index in [4.69, 9.17) is 0 Å². The number of rotatable bonds is 5. The predicted octanol–water partition coefficient (Wildman–Crippen LogP) is 3.92. The summed E-state index contributed by atoms with van der Waals surface area (Å²) in [6, 6.07) is 14.9. The molecule has 0 spiro atoms. The number of nitrogens with zero attached hydrogens (tertiary/aromatic N) is 4. The second kappa shape index (κ2) is 7.32. The highest BCUT2D eigenvalue weighted by atomic mass is 32.2. The van der Waals surface area contributed by atoms with Gasteiger partial charge in [0.15, 0.2) is 0 Å². The van der Waals surface area contributed by atoms with E-state index in [1.54, 1.807) is 34.8 Å². The van der Waals surface area contributed by atoms with Crippen LogP contribution in [0.2, 0.25) is 0 Å². The van der Waals surface area contributed by atoms with Gasteiger partial charge in [-0.3, -0.25) is 5.10 Å². The van der Waals surface area contributed by atoms with Gasteiger partial charge in [-0.2, -0.15) is 9.40 Å². The van der Waals surface area contributed by atoms with E-state index in [1.165, 1.54) is 0 Å². The molecule has 0 saturated carbocycles. The maximum absolute atomic E-state index is 13.3. The molecule has 160 valence electrons. The summed E-state index contributed by atoms with van der Waals surface area (Å²) in [5.74, 6) is 0.208. The van der Waals surface area contributed by atoms with Crippen LogP contribution in [0.25, 0.3) is 22.2 Å². The molecule has 5 rings (SSSR count). The van der Waals surface area contributed by atoms with Crippen molar-refractivity contribution in [3.8, 4) is 11.1 Å². The van der Waals surface area contributed by atoms with Gasteiger partial charge in [-0.05, 0) is 56.0 Å². The fraction of sp³-hybridized carbons (Fsp3) is 0.304. The van der Waals surface area contributed by atoms with Gasteiger partial charge < -0.3 is 4.57 Å². The van der Waals surface area contributed by atoms with Crippen molar-refractivity contribution < 1.29 is 8.42 Å². The Kier molecular flexibility index (Phi) is 4.71. The number of nitrogens with one attached hydrogen (secondary N) is 1. The van der Waals surface area contributed by atoms with E-state index in [1.807, 2.05) is 32.4 Å². The van der Waals surface area contributed by atoms with Crippen LogP contribution in [0.15, 0.2) is 72.1 Å². The van der Waals surface area contributed by atoms with Gasteiger partial charge in [-0.25, -0.2) is 13.4 Å². The average Bonchev–Trinajstić information content (AvgIpc) is 3.48. The molecule has 7 nitrogen and oxygen atoms in total. The van der Waals surface area contributed by atoms with Crippen LogP contribution in [0.1, 0.15) is 20.3 Å². The van der Waals surface area contributed by atoms with Crippen LogP contribution >= 0.6 is 0 Å². The number of fused-ring (bicyclic) bond motifs is 1. The number of hydrogen-bond donors (Lipinski definition) is 1. The van der Waals surface area contributed by atoms with Crippen LogP contribution in [0, 0.1) is 5.92 Å². The molecule has 0 radical (unpaired) electrons. The molecule has 1 saturated heterocycles. The zero-order valence-electron chi connectivity index (χ0n) is 17.6. The number of H-pyrrole nitrogens is 1. The van der Waals surface area contributed by atoms with Crippen LogP contribution < -0.4 is 0 Å². The third-order valence-corrected chi connectivity index (χ3v) is 8.22. The smallest absolute Gasteiger partial charge is 0.243 e. The van der Waals surface area contributed by atoms with Crippen LogP contribution in [0.5, 0.6) is 0 Å². The first-order chi connectivity index (χ1) is 14.8. The lowest BCUT2D eigenvalue weighted by molar-refractivity contribution is 0.291. The molecule has 1 atom stereocenters. The van der Waals surface area contributed by atoms with Gasteiger partial charge in [-0.15, -0.1) is 0 Å². The maximum Gasteiger partial charge on any atom is 0.243 e. The van der Waals surface area contributed by atoms with Crippen LogP contribution in [0.3, 0.4) is 0 Å². The minimum atomic E-state index is -3.53. The summed E-state index contributed by atoms with van der Waals surface area (Å²) < 4.78 is 30.3. The molecule has 0 bridgehead atoms. The van der Waals surface area contributed by atoms with E-state index in [0.29, 0.717) is 11.4 Å². The van der Waals surface area contributed by atoms with Gasteiger partial charge in [-0.1, -0.05) is 24.3 Å². The lowest BCUT2D eigenvalue weighted by Gasteiger charge is -2.30. The van der Waals surface area contributed by atoms with Gasteiger partial charge in [0.1, 0.15) is 0 Å². The first-order valence-electron chi connectivity index (χ1n) is 10.4. The molecule has 0 aliphatic carbocycles. The van der Waals surface area contributed by atoms with Crippen molar-refractivity contribution in [2.45, 2.75) is 37.2 Å². The second-order valence-corrected chi connectivity index (χ2v) is 10.7. The first-order valence-corrected chi connectivity index (χ1v) is 11.8. The molecule has 1 aliphatic rings. The molecule has 1 aliphatic heterocycles. The Morgan fingerprint density at radius 2 is 1.94 bits per heavy atom. The molecule has 8 heteroatoms. The number of benzene rings is 2. The summed E-state index contributed by atoms with van der Waals surface area (Å²) >= 11 is 0. The first kappa shape index (κ1) is 20.0. The average molecular weight is 436 g/mol. The lowest BCUT2D eigenvalue weighted by atomic mass is 9.97. The zero-order chi connectivity index (χ0) is 21.6. The van der Waals surface area contributed by atoms with Gasteiger partial charge in [0.25, 0.3) is 0 Å². The van der Waals surface area contributed by atoms with Gasteiger partial charge >= 0.3 is 0 Å². The molecule has 4 aromatic rings. The Bertz CT molecular complexity index is 1310. The molecule has 1 N–H and O–H groups in total. The number of aromatic nitrogens is 4. The van der Waals surface area contributed by atoms with Crippen molar-refractivity contribution in [1.29, 1.82) is 0 Å². The van der Waals surface area contributed by atoms with Crippen molar-refractivity contribution in [2.24, 2.45) is 5.92 Å².